The Bertz CT molecular complexity index is 324. The van der Waals surface area contributed by atoms with Crippen molar-refractivity contribution in [2.75, 3.05) is 25.7 Å². The number of urea groups is 1. The average Bonchev–Trinajstić information content (AvgIpc) is 2.35. The smallest absolute Gasteiger partial charge is 0.326 e. The summed E-state index contributed by atoms with van der Waals surface area (Å²) in [6.45, 7) is 2.41. The van der Waals surface area contributed by atoms with Crippen LogP contribution in [0.25, 0.3) is 0 Å². The Labute approximate surface area is 116 Å². The van der Waals surface area contributed by atoms with E-state index in [0.717, 1.165) is 12.9 Å². The first-order valence-electron chi connectivity index (χ1n) is 5.73. The number of carboxylic acid groups (broad SMARTS) is 1. The highest BCUT2D eigenvalue weighted by Gasteiger charge is 2.23. The predicted molar refractivity (Wildman–Crippen MR) is 72.1 cm³/mol. The number of esters is 1. The van der Waals surface area contributed by atoms with Gasteiger partial charge in [-0.25, -0.2) is 9.59 Å². The second-order valence-electron chi connectivity index (χ2n) is 4.09. The molecular weight excluding hydrogens is 272 g/mol. The van der Waals surface area contributed by atoms with E-state index in [-0.39, 0.29) is 5.92 Å². The summed E-state index contributed by atoms with van der Waals surface area (Å²) in [5.41, 5.74) is 0. The summed E-state index contributed by atoms with van der Waals surface area (Å²) < 4.78 is 4.37. The number of ether oxygens (including phenoxy) is 1. The van der Waals surface area contributed by atoms with Gasteiger partial charge < -0.3 is 20.5 Å². The van der Waals surface area contributed by atoms with Crippen LogP contribution in [0.3, 0.4) is 0 Å². The van der Waals surface area contributed by atoms with Crippen LogP contribution in [-0.2, 0) is 14.3 Å². The molecule has 0 spiro atoms. The van der Waals surface area contributed by atoms with Crippen molar-refractivity contribution in [2.45, 2.75) is 19.4 Å². The van der Waals surface area contributed by atoms with Crippen molar-refractivity contribution in [3.8, 4) is 0 Å². The molecule has 0 aromatic heterocycles. The summed E-state index contributed by atoms with van der Waals surface area (Å²) in [6.07, 6.45) is 1.56. The SMILES string of the molecule is COC(=O)C[C@H](NC(=O)NCC(C)CSC)C(=O)O. The van der Waals surface area contributed by atoms with Gasteiger partial charge in [0.15, 0.2) is 0 Å². The van der Waals surface area contributed by atoms with E-state index in [1.165, 1.54) is 0 Å². The summed E-state index contributed by atoms with van der Waals surface area (Å²) in [6, 6.07) is -1.90. The summed E-state index contributed by atoms with van der Waals surface area (Å²) >= 11 is 1.66. The molecule has 0 saturated carbocycles. The molecule has 0 aliphatic rings. The minimum atomic E-state index is -1.29. The standard InChI is InChI=1S/C11H20N2O5S/c1-7(6-19-3)5-12-11(17)13-8(10(15)16)4-9(14)18-2/h7-8H,4-6H2,1-3H3,(H,15,16)(H2,12,13,17)/t7?,8-/m0/s1. The quantitative estimate of drug-likeness (QED) is 0.556. The lowest BCUT2D eigenvalue weighted by Gasteiger charge is -2.16. The largest absolute Gasteiger partial charge is 0.480 e. The van der Waals surface area contributed by atoms with Crippen LogP contribution in [0.5, 0.6) is 0 Å². The molecule has 1 unspecified atom stereocenters. The summed E-state index contributed by atoms with van der Waals surface area (Å²) in [7, 11) is 1.16. The van der Waals surface area contributed by atoms with E-state index in [4.69, 9.17) is 5.11 Å². The number of carboxylic acids is 1. The van der Waals surface area contributed by atoms with Crippen molar-refractivity contribution in [2.24, 2.45) is 5.92 Å². The molecule has 0 rings (SSSR count). The molecule has 2 atom stereocenters. The number of rotatable bonds is 8. The van der Waals surface area contributed by atoms with Gasteiger partial charge in [-0.3, -0.25) is 4.79 Å². The number of carbonyl (C=O) groups excluding carboxylic acids is 2. The highest BCUT2D eigenvalue weighted by Crippen LogP contribution is 2.02. The highest BCUT2D eigenvalue weighted by molar-refractivity contribution is 7.98. The number of amides is 2. The van der Waals surface area contributed by atoms with Crippen LogP contribution >= 0.6 is 11.8 Å². The second kappa shape index (κ2) is 9.48. The maximum Gasteiger partial charge on any atom is 0.326 e. The van der Waals surface area contributed by atoms with Crippen LogP contribution in [0, 0.1) is 5.92 Å². The van der Waals surface area contributed by atoms with Crippen molar-refractivity contribution in [1.29, 1.82) is 0 Å². The van der Waals surface area contributed by atoms with E-state index in [0.29, 0.717) is 6.54 Å². The van der Waals surface area contributed by atoms with Crippen molar-refractivity contribution in [1.82, 2.24) is 10.6 Å². The normalized spacial score (nSPS) is 13.2. The zero-order valence-corrected chi connectivity index (χ0v) is 12.1. The van der Waals surface area contributed by atoms with Crippen LogP contribution in [0.2, 0.25) is 0 Å². The Balaban J connectivity index is 4.17. The van der Waals surface area contributed by atoms with Gasteiger partial charge in [0.25, 0.3) is 0 Å². The molecule has 0 radical (unpaired) electrons. The van der Waals surface area contributed by atoms with E-state index in [1.54, 1.807) is 11.8 Å². The number of methoxy groups -OCH3 is 1. The van der Waals surface area contributed by atoms with Crippen LogP contribution in [-0.4, -0.2) is 54.8 Å². The molecule has 7 nitrogen and oxygen atoms in total. The van der Waals surface area contributed by atoms with Gasteiger partial charge in [0.2, 0.25) is 0 Å². The van der Waals surface area contributed by atoms with Gasteiger partial charge in [0.1, 0.15) is 6.04 Å². The monoisotopic (exact) mass is 292 g/mol. The van der Waals surface area contributed by atoms with E-state index in [9.17, 15) is 14.4 Å². The lowest BCUT2D eigenvalue weighted by atomic mass is 10.2. The Hall–Kier alpha value is -1.44. The van der Waals surface area contributed by atoms with Crippen LogP contribution in [0.15, 0.2) is 0 Å². The van der Waals surface area contributed by atoms with Crippen molar-refractivity contribution in [3.05, 3.63) is 0 Å². The predicted octanol–water partition coefficient (Wildman–Crippen LogP) is 0.301. The Morgan fingerprint density at radius 3 is 2.47 bits per heavy atom. The molecule has 0 aromatic rings. The fourth-order valence-corrected chi connectivity index (χ4v) is 1.96. The van der Waals surface area contributed by atoms with Gasteiger partial charge >= 0.3 is 18.0 Å². The van der Waals surface area contributed by atoms with Crippen LogP contribution in [0.4, 0.5) is 4.79 Å². The lowest BCUT2D eigenvalue weighted by molar-refractivity contribution is -0.147. The molecule has 0 aliphatic heterocycles. The average molecular weight is 292 g/mol. The van der Waals surface area contributed by atoms with E-state index < -0.39 is 30.4 Å². The Kier molecular flexibility index (Phi) is 8.77. The first-order chi connectivity index (χ1) is 8.90. The molecule has 3 N–H and O–H groups in total. The first kappa shape index (κ1) is 17.6. The van der Waals surface area contributed by atoms with Gasteiger partial charge in [0.05, 0.1) is 13.5 Å². The van der Waals surface area contributed by atoms with Crippen molar-refractivity contribution in [3.63, 3.8) is 0 Å². The van der Waals surface area contributed by atoms with Gasteiger partial charge in [-0.1, -0.05) is 6.92 Å². The van der Waals surface area contributed by atoms with Crippen molar-refractivity contribution < 1.29 is 24.2 Å². The number of nitrogens with one attached hydrogen (secondary N) is 2. The van der Waals surface area contributed by atoms with E-state index in [1.807, 2.05) is 13.2 Å². The first-order valence-corrected chi connectivity index (χ1v) is 7.13. The van der Waals surface area contributed by atoms with Gasteiger partial charge in [-0.2, -0.15) is 11.8 Å². The second-order valence-corrected chi connectivity index (χ2v) is 5.00. The molecular formula is C11H20N2O5S. The topological polar surface area (TPSA) is 105 Å². The number of aliphatic carboxylic acids is 1. The molecule has 8 heteroatoms. The molecule has 19 heavy (non-hydrogen) atoms. The third kappa shape index (κ3) is 8.30. The Morgan fingerprint density at radius 1 is 1.37 bits per heavy atom. The fourth-order valence-electron chi connectivity index (χ4n) is 1.27. The summed E-state index contributed by atoms with van der Waals surface area (Å²) in [5, 5.41) is 13.7. The molecule has 110 valence electrons. The summed E-state index contributed by atoms with van der Waals surface area (Å²) in [5.74, 6) is -0.795. The van der Waals surface area contributed by atoms with E-state index >= 15 is 0 Å². The zero-order valence-electron chi connectivity index (χ0n) is 11.3. The third-order valence-electron chi connectivity index (χ3n) is 2.26. The number of thioether (sulfide) groups is 1. The molecule has 0 aliphatic carbocycles. The maximum absolute atomic E-state index is 11.5. The lowest BCUT2D eigenvalue weighted by Crippen LogP contribution is -2.48. The molecule has 0 saturated heterocycles. The van der Waals surface area contributed by atoms with Crippen LogP contribution in [0.1, 0.15) is 13.3 Å². The third-order valence-corrected chi connectivity index (χ3v) is 3.17. The van der Waals surface area contributed by atoms with E-state index in [2.05, 4.69) is 15.4 Å². The Morgan fingerprint density at radius 2 is 2.00 bits per heavy atom. The molecule has 2 amide bonds. The molecule has 0 fully saturated rings. The molecule has 0 bridgehead atoms. The van der Waals surface area contributed by atoms with Crippen molar-refractivity contribution >= 4 is 29.7 Å². The number of carbonyl (C=O) groups is 3. The van der Waals surface area contributed by atoms with Gasteiger partial charge in [0, 0.05) is 6.54 Å². The van der Waals surface area contributed by atoms with Gasteiger partial charge in [-0.05, 0) is 17.9 Å². The maximum atomic E-state index is 11.5. The zero-order chi connectivity index (χ0) is 14.8. The minimum Gasteiger partial charge on any atom is -0.480 e. The highest BCUT2D eigenvalue weighted by atomic mass is 32.2. The van der Waals surface area contributed by atoms with Gasteiger partial charge in [-0.15, -0.1) is 0 Å². The number of hydrogen-bond acceptors (Lipinski definition) is 5. The number of hydrogen-bond donors (Lipinski definition) is 3. The minimum absolute atomic E-state index is 0.282. The molecule has 0 aromatic carbocycles. The fraction of sp³-hybridized carbons (Fsp3) is 0.727. The van der Waals surface area contributed by atoms with Crippen LogP contribution < -0.4 is 10.6 Å². The molecule has 0 heterocycles. The summed E-state index contributed by atoms with van der Waals surface area (Å²) in [4.78, 5) is 33.4.